The first kappa shape index (κ1) is 9.69. The van der Waals surface area contributed by atoms with Crippen LogP contribution in [-0.2, 0) is 18.6 Å². The summed E-state index contributed by atoms with van der Waals surface area (Å²) in [4.78, 5) is 3.17. The van der Waals surface area contributed by atoms with Crippen molar-refractivity contribution in [3.63, 3.8) is 0 Å². The maximum atomic E-state index is 2.28. The van der Waals surface area contributed by atoms with Crippen LogP contribution in [0.15, 0.2) is 0 Å². The summed E-state index contributed by atoms with van der Waals surface area (Å²) in [6.07, 6.45) is 5.78. The van der Waals surface area contributed by atoms with Crippen LogP contribution in [0.1, 0.15) is 39.5 Å². The van der Waals surface area contributed by atoms with E-state index in [1.165, 1.54) is 25.7 Å². The van der Waals surface area contributed by atoms with Crippen LogP contribution in [0.5, 0.6) is 0 Å². The van der Waals surface area contributed by atoms with Crippen molar-refractivity contribution in [2.75, 3.05) is 0 Å². The van der Waals surface area contributed by atoms with Crippen molar-refractivity contribution in [1.29, 1.82) is 0 Å². The molecule has 0 aromatic carbocycles. The fraction of sp³-hybridized carbons (Fsp3) is 1.00. The Morgan fingerprint density at radius 1 is 0.889 bits per heavy atom. The molecule has 0 bridgehead atoms. The van der Waals surface area contributed by atoms with Crippen LogP contribution in [0.2, 0.25) is 9.62 Å². The quantitative estimate of drug-likeness (QED) is 0.465. The fourth-order valence-electron chi connectivity index (χ4n) is 0.595. The molecular formula is C8H18Mo. The summed E-state index contributed by atoms with van der Waals surface area (Å²) in [7, 11) is 0. The summed E-state index contributed by atoms with van der Waals surface area (Å²) >= 11 is 0.458. The first-order chi connectivity index (χ1) is 4.41. The van der Waals surface area contributed by atoms with Gasteiger partial charge in [0, 0.05) is 0 Å². The zero-order valence-corrected chi connectivity index (χ0v) is 8.66. The normalized spacial score (nSPS) is 10.0. The summed E-state index contributed by atoms with van der Waals surface area (Å²) in [5.41, 5.74) is 0. The molecule has 9 heavy (non-hydrogen) atoms. The van der Waals surface area contributed by atoms with Crippen molar-refractivity contribution in [3.8, 4) is 0 Å². The van der Waals surface area contributed by atoms with E-state index in [1.807, 2.05) is 0 Å². The first-order valence-corrected chi connectivity index (χ1v) is 6.83. The van der Waals surface area contributed by atoms with Crippen LogP contribution < -0.4 is 0 Å². The van der Waals surface area contributed by atoms with Gasteiger partial charge in [-0.1, -0.05) is 0 Å². The Labute approximate surface area is 68.0 Å². The molecule has 0 rings (SSSR count). The van der Waals surface area contributed by atoms with Gasteiger partial charge in [-0.3, -0.25) is 0 Å². The SMILES string of the molecule is CCC[CH2][Mo][CH2]CCC. The van der Waals surface area contributed by atoms with E-state index >= 15 is 0 Å². The second kappa shape index (κ2) is 8.69. The van der Waals surface area contributed by atoms with Crippen LogP contribution >= 0.6 is 0 Å². The van der Waals surface area contributed by atoms with Gasteiger partial charge in [-0.2, -0.15) is 0 Å². The third kappa shape index (κ3) is 8.69. The standard InChI is InChI=1S/2C4H9.Mo/c2*1-3-4-2;/h2*1,3-4H2,2H3;. The van der Waals surface area contributed by atoms with Crippen molar-refractivity contribution in [3.05, 3.63) is 0 Å². The van der Waals surface area contributed by atoms with Gasteiger partial charge in [0.1, 0.15) is 0 Å². The molecule has 0 spiro atoms. The van der Waals surface area contributed by atoms with Crippen molar-refractivity contribution >= 4 is 0 Å². The average molecular weight is 210 g/mol. The number of unbranched alkanes of at least 4 members (excludes halogenated alkanes) is 2. The van der Waals surface area contributed by atoms with Crippen molar-refractivity contribution < 1.29 is 18.6 Å². The van der Waals surface area contributed by atoms with E-state index in [-0.39, 0.29) is 0 Å². The van der Waals surface area contributed by atoms with Crippen LogP contribution in [-0.4, -0.2) is 0 Å². The van der Waals surface area contributed by atoms with Gasteiger partial charge in [0.15, 0.2) is 0 Å². The predicted octanol–water partition coefficient (Wildman–Crippen LogP) is 3.51. The molecular weight excluding hydrogens is 192 g/mol. The van der Waals surface area contributed by atoms with E-state index in [9.17, 15) is 0 Å². The second-order valence-corrected chi connectivity index (χ2v) is 5.33. The molecule has 0 unspecified atom stereocenters. The van der Waals surface area contributed by atoms with E-state index < -0.39 is 0 Å². The van der Waals surface area contributed by atoms with Gasteiger partial charge in [0.05, 0.1) is 0 Å². The molecule has 0 fully saturated rings. The Kier molecular flexibility index (Phi) is 9.35. The Morgan fingerprint density at radius 2 is 1.33 bits per heavy atom. The molecule has 0 N–H and O–H groups in total. The zero-order chi connectivity index (χ0) is 6.95. The van der Waals surface area contributed by atoms with E-state index in [0.717, 1.165) is 0 Å². The van der Waals surface area contributed by atoms with Gasteiger partial charge in [0.2, 0.25) is 0 Å². The molecule has 0 aliphatic heterocycles. The molecule has 1 heteroatoms. The van der Waals surface area contributed by atoms with Crippen molar-refractivity contribution in [2.45, 2.75) is 49.2 Å². The second-order valence-electron chi connectivity index (χ2n) is 2.32. The van der Waals surface area contributed by atoms with Crippen LogP contribution in [0.3, 0.4) is 0 Å². The van der Waals surface area contributed by atoms with Gasteiger partial charge in [-0.25, -0.2) is 0 Å². The summed E-state index contributed by atoms with van der Waals surface area (Å²) in [5, 5.41) is 0. The Balaban J connectivity index is 2.60. The number of hydrogen-bond acceptors (Lipinski definition) is 0. The molecule has 0 atom stereocenters. The van der Waals surface area contributed by atoms with Crippen LogP contribution in [0.4, 0.5) is 0 Å². The molecule has 0 saturated heterocycles. The van der Waals surface area contributed by atoms with Gasteiger partial charge >= 0.3 is 67.7 Å². The molecule has 0 aliphatic rings. The average Bonchev–Trinajstić information content (AvgIpc) is 1.89. The Morgan fingerprint density at radius 3 is 1.67 bits per heavy atom. The molecule has 0 amide bonds. The van der Waals surface area contributed by atoms with Crippen LogP contribution in [0, 0.1) is 0 Å². The molecule has 0 aliphatic carbocycles. The first-order valence-electron chi connectivity index (χ1n) is 3.99. The van der Waals surface area contributed by atoms with Crippen molar-refractivity contribution in [1.82, 2.24) is 0 Å². The summed E-state index contributed by atoms with van der Waals surface area (Å²) in [6, 6.07) is 0. The van der Waals surface area contributed by atoms with E-state index in [1.54, 1.807) is 9.62 Å². The predicted molar refractivity (Wildman–Crippen MR) is 39.4 cm³/mol. The topological polar surface area (TPSA) is 0 Å². The Bertz CT molecular complexity index is 37.8. The number of hydrogen-bond donors (Lipinski definition) is 0. The van der Waals surface area contributed by atoms with Gasteiger partial charge in [-0.15, -0.1) is 0 Å². The van der Waals surface area contributed by atoms with E-state index in [4.69, 9.17) is 0 Å². The van der Waals surface area contributed by atoms with E-state index in [2.05, 4.69) is 13.8 Å². The molecule has 0 aromatic rings. The maximum absolute atomic E-state index is 2.28. The molecule has 0 radical (unpaired) electrons. The zero-order valence-electron chi connectivity index (χ0n) is 6.65. The fourth-order valence-corrected chi connectivity index (χ4v) is 3.52. The third-order valence-electron chi connectivity index (χ3n) is 1.28. The Hall–Kier alpha value is 0.688. The molecule has 56 valence electrons. The molecule has 0 nitrogen and oxygen atoms in total. The van der Waals surface area contributed by atoms with Gasteiger partial charge < -0.3 is 0 Å². The van der Waals surface area contributed by atoms with Gasteiger partial charge in [0.25, 0.3) is 0 Å². The minimum atomic E-state index is 0.458. The minimum absolute atomic E-state index is 0.458. The summed E-state index contributed by atoms with van der Waals surface area (Å²) in [6.45, 7) is 4.57. The summed E-state index contributed by atoms with van der Waals surface area (Å²) in [5.74, 6) is 0. The molecule has 0 heterocycles. The summed E-state index contributed by atoms with van der Waals surface area (Å²) < 4.78 is 0. The molecule has 0 aromatic heterocycles. The number of rotatable bonds is 6. The van der Waals surface area contributed by atoms with Crippen molar-refractivity contribution in [2.24, 2.45) is 0 Å². The molecule has 0 saturated carbocycles. The third-order valence-corrected chi connectivity index (χ3v) is 4.12. The van der Waals surface area contributed by atoms with Gasteiger partial charge in [-0.05, 0) is 0 Å². The van der Waals surface area contributed by atoms with E-state index in [0.29, 0.717) is 18.6 Å². The van der Waals surface area contributed by atoms with Crippen LogP contribution in [0.25, 0.3) is 0 Å². The monoisotopic (exact) mass is 212 g/mol.